The summed E-state index contributed by atoms with van der Waals surface area (Å²) >= 11 is 12.9. The molecule has 5 heteroatoms. The minimum atomic E-state index is -0.198. The van der Waals surface area contributed by atoms with Crippen molar-refractivity contribution in [2.24, 2.45) is 0 Å². The van der Waals surface area contributed by atoms with Gasteiger partial charge in [-0.25, -0.2) is 4.39 Å². The average Bonchev–Trinajstić information content (AvgIpc) is 2.43. The Labute approximate surface area is 139 Å². The molecule has 2 aromatic rings. The monoisotopic (exact) mass is 419 g/mol. The van der Waals surface area contributed by atoms with Crippen molar-refractivity contribution < 1.29 is 4.39 Å². The number of rotatable bonds is 4. The lowest BCUT2D eigenvalue weighted by atomic mass is 9.99. The summed E-state index contributed by atoms with van der Waals surface area (Å²) < 4.78 is 15.6. The van der Waals surface area contributed by atoms with Crippen molar-refractivity contribution in [2.45, 2.75) is 12.5 Å². The second-order valence-corrected chi connectivity index (χ2v) is 6.63. The molecule has 0 heterocycles. The highest BCUT2D eigenvalue weighted by atomic mass is 79.9. The van der Waals surface area contributed by atoms with Crippen molar-refractivity contribution >= 4 is 43.5 Å². The zero-order chi connectivity index (χ0) is 14.7. The molecule has 1 unspecified atom stereocenters. The first kappa shape index (κ1) is 16.0. The van der Waals surface area contributed by atoms with Gasteiger partial charge in [-0.3, -0.25) is 0 Å². The van der Waals surface area contributed by atoms with E-state index in [0.717, 1.165) is 14.5 Å². The normalized spacial score (nSPS) is 12.4. The molecular weight excluding hydrogens is 408 g/mol. The maximum absolute atomic E-state index is 13.8. The summed E-state index contributed by atoms with van der Waals surface area (Å²) in [5.41, 5.74) is 1.69. The number of benzene rings is 2. The van der Waals surface area contributed by atoms with Crippen LogP contribution >= 0.6 is 43.5 Å². The summed E-state index contributed by atoms with van der Waals surface area (Å²) in [5, 5.41) is 3.85. The standard InChI is InChI=1S/C15H13Br2ClFN/c1-20-15(9-2-4-12(17)13(18)7-9)8-10-6-11(16)3-5-14(10)19/h2-7,15,20H,8H2,1H3. The van der Waals surface area contributed by atoms with E-state index in [4.69, 9.17) is 11.6 Å². The number of likely N-dealkylation sites (N-methyl/N-ethyl adjacent to an activating group) is 1. The molecule has 2 rings (SSSR count). The van der Waals surface area contributed by atoms with Crippen LogP contribution in [0.2, 0.25) is 5.02 Å². The van der Waals surface area contributed by atoms with Crippen LogP contribution in [-0.4, -0.2) is 7.05 Å². The first-order chi connectivity index (χ1) is 9.51. The van der Waals surface area contributed by atoms with E-state index in [1.54, 1.807) is 12.1 Å². The molecule has 0 aliphatic carbocycles. The van der Waals surface area contributed by atoms with Gasteiger partial charge in [0.1, 0.15) is 5.82 Å². The van der Waals surface area contributed by atoms with E-state index < -0.39 is 0 Å². The molecule has 1 N–H and O–H groups in total. The van der Waals surface area contributed by atoms with Gasteiger partial charge in [0.2, 0.25) is 0 Å². The maximum Gasteiger partial charge on any atom is 0.126 e. The van der Waals surface area contributed by atoms with E-state index in [-0.39, 0.29) is 11.9 Å². The first-order valence-electron chi connectivity index (χ1n) is 6.07. The van der Waals surface area contributed by atoms with Gasteiger partial charge in [0, 0.05) is 15.0 Å². The lowest BCUT2D eigenvalue weighted by molar-refractivity contribution is 0.554. The first-order valence-corrected chi connectivity index (χ1v) is 8.04. The molecule has 0 spiro atoms. The molecule has 1 atom stereocenters. The SMILES string of the molecule is CNC(Cc1cc(Br)ccc1F)c1ccc(Br)c(Cl)c1. The third-order valence-electron chi connectivity index (χ3n) is 3.13. The summed E-state index contributed by atoms with van der Waals surface area (Å²) in [5.74, 6) is -0.198. The van der Waals surface area contributed by atoms with Crippen molar-refractivity contribution in [3.63, 3.8) is 0 Å². The van der Waals surface area contributed by atoms with Crippen molar-refractivity contribution in [3.8, 4) is 0 Å². The van der Waals surface area contributed by atoms with Crippen molar-refractivity contribution in [2.75, 3.05) is 7.05 Å². The lowest BCUT2D eigenvalue weighted by Gasteiger charge is -2.18. The lowest BCUT2D eigenvalue weighted by Crippen LogP contribution is -2.19. The van der Waals surface area contributed by atoms with Crippen LogP contribution in [0, 0.1) is 5.82 Å². The predicted molar refractivity (Wildman–Crippen MR) is 88.8 cm³/mol. The summed E-state index contributed by atoms with van der Waals surface area (Å²) in [6.07, 6.45) is 0.555. The summed E-state index contributed by atoms with van der Waals surface area (Å²) in [7, 11) is 1.86. The molecular formula is C15H13Br2ClFN. The van der Waals surface area contributed by atoms with E-state index in [1.807, 2.05) is 25.2 Å². The molecule has 0 saturated heterocycles. The van der Waals surface area contributed by atoms with Crippen LogP contribution in [0.5, 0.6) is 0 Å². The third-order valence-corrected chi connectivity index (χ3v) is 4.85. The Bertz CT molecular complexity index is 619. The van der Waals surface area contributed by atoms with E-state index in [1.165, 1.54) is 6.07 Å². The van der Waals surface area contributed by atoms with E-state index in [9.17, 15) is 4.39 Å². The molecule has 2 aromatic carbocycles. The zero-order valence-corrected chi connectivity index (χ0v) is 14.7. The summed E-state index contributed by atoms with van der Waals surface area (Å²) in [6, 6.07) is 10.8. The summed E-state index contributed by atoms with van der Waals surface area (Å²) in [6.45, 7) is 0. The fourth-order valence-corrected chi connectivity index (χ4v) is 2.88. The molecule has 0 bridgehead atoms. The second-order valence-electron chi connectivity index (χ2n) is 4.45. The van der Waals surface area contributed by atoms with Crippen LogP contribution in [0.25, 0.3) is 0 Å². The minimum Gasteiger partial charge on any atom is -0.313 e. The fraction of sp³-hybridized carbons (Fsp3) is 0.200. The predicted octanol–water partition coefficient (Wildman–Crippen LogP) is 5.51. The Kier molecular flexibility index (Phi) is 5.61. The average molecular weight is 422 g/mol. The number of halogens is 4. The molecule has 0 saturated carbocycles. The Morgan fingerprint density at radius 2 is 1.95 bits per heavy atom. The highest BCUT2D eigenvalue weighted by Gasteiger charge is 2.14. The van der Waals surface area contributed by atoms with Gasteiger partial charge >= 0.3 is 0 Å². The number of hydrogen-bond acceptors (Lipinski definition) is 1. The highest BCUT2D eigenvalue weighted by Crippen LogP contribution is 2.28. The summed E-state index contributed by atoms with van der Waals surface area (Å²) in [4.78, 5) is 0. The Hall–Kier alpha value is -0.420. The molecule has 20 heavy (non-hydrogen) atoms. The number of nitrogens with one attached hydrogen (secondary N) is 1. The topological polar surface area (TPSA) is 12.0 Å². The van der Waals surface area contributed by atoms with Crippen LogP contribution in [0.3, 0.4) is 0 Å². The molecule has 106 valence electrons. The molecule has 0 aliphatic heterocycles. The number of hydrogen-bond donors (Lipinski definition) is 1. The zero-order valence-electron chi connectivity index (χ0n) is 10.8. The molecule has 0 amide bonds. The van der Waals surface area contributed by atoms with Crippen molar-refractivity contribution in [1.29, 1.82) is 0 Å². The van der Waals surface area contributed by atoms with Crippen LogP contribution in [0.4, 0.5) is 4.39 Å². The Balaban J connectivity index is 2.28. The molecule has 0 fully saturated rings. The van der Waals surface area contributed by atoms with Crippen LogP contribution in [-0.2, 0) is 6.42 Å². The third kappa shape index (κ3) is 3.82. The molecule has 0 aliphatic rings. The maximum atomic E-state index is 13.8. The van der Waals surface area contributed by atoms with Gasteiger partial charge in [0.05, 0.1) is 5.02 Å². The minimum absolute atomic E-state index is 0.00407. The van der Waals surface area contributed by atoms with Crippen LogP contribution < -0.4 is 5.32 Å². The Morgan fingerprint density at radius 1 is 1.20 bits per heavy atom. The largest absolute Gasteiger partial charge is 0.313 e. The van der Waals surface area contributed by atoms with Crippen molar-refractivity contribution in [3.05, 3.63) is 67.3 Å². The molecule has 0 aromatic heterocycles. The van der Waals surface area contributed by atoms with Crippen molar-refractivity contribution in [1.82, 2.24) is 5.32 Å². The molecule has 1 nitrogen and oxygen atoms in total. The highest BCUT2D eigenvalue weighted by molar-refractivity contribution is 9.10. The van der Waals surface area contributed by atoms with E-state index in [2.05, 4.69) is 37.2 Å². The Morgan fingerprint density at radius 3 is 2.60 bits per heavy atom. The van der Waals surface area contributed by atoms with Gasteiger partial charge in [0.15, 0.2) is 0 Å². The van der Waals surface area contributed by atoms with Gasteiger partial charge in [0.25, 0.3) is 0 Å². The second kappa shape index (κ2) is 7.03. The van der Waals surface area contributed by atoms with Gasteiger partial charge in [-0.1, -0.05) is 33.6 Å². The van der Waals surface area contributed by atoms with E-state index >= 15 is 0 Å². The smallest absolute Gasteiger partial charge is 0.126 e. The van der Waals surface area contributed by atoms with Crippen LogP contribution in [0.1, 0.15) is 17.2 Å². The van der Waals surface area contributed by atoms with Crippen LogP contribution in [0.15, 0.2) is 45.3 Å². The van der Waals surface area contributed by atoms with Gasteiger partial charge in [-0.15, -0.1) is 0 Å². The molecule has 0 radical (unpaired) electrons. The van der Waals surface area contributed by atoms with Gasteiger partial charge in [-0.2, -0.15) is 0 Å². The van der Waals surface area contributed by atoms with Gasteiger partial charge in [-0.05, 0) is 70.9 Å². The quantitative estimate of drug-likeness (QED) is 0.687. The fourth-order valence-electron chi connectivity index (χ4n) is 2.04. The van der Waals surface area contributed by atoms with E-state index in [0.29, 0.717) is 17.0 Å². The van der Waals surface area contributed by atoms with Gasteiger partial charge < -0.3 is 5.32 Å².